The highest BCUT2D eigenvalue weighted by atomic mass is 15.3. The molecule has 3 nitrogen and oxygen atoms in total. The van der Waals surface area contributed by atoms with Crippen molar-refractivity contribution in [2.45, 2.75) is 39.3 Å². The van der Waals surface area contributed by atoms with E-state index in [0.717, 1.165) is 26.2 Å². The van der Waals surface area contributed by atoms with Gasteiger partial charge in [0.25, 0.3) is 0 Å². The summed E-state index contributed by atoms with van der Waals surface area (Å²) < 4.78 is 0. The minimum absolute atomic E-state index is 0.0789. The van der Waals surface area contributed by atoms with Crippen molar-refractivity contribution in [3.05, 3.63) is 35.9 Å². The molecule has 118 valence electrons. The van der Waals surface area contributed by atoms with Gasteiger partial charge in [-0.2, -0.15) is 0 Å². The fraction of sp³-hybridized carbons (Fsp3) is 0.667. The van der Waals surface area contributed by atoms with E-state index < -0.39 is 0 Å². The summed E-state index contributed by atoms with van der Waals surface area (Å²) in [5, 5.41) is 0. The van der Waals surface area contributed by atoms with E-state index in [-0.39, 0.29) is 11.5 Å². The van der Waals surface area contributed by atoms with E-state index >= 15 is 0 Å². The molecule has 1 aromatic rings. The number of piperazine rings is 1. The Kier molecular flexibility index (Phi) is 5.42. The minimum Gasteiger partial charge on any atom is -0.323 e. The third-order valence-electron chi connectivity index (χ3n) is 4.96. The Balaban J connectivity index is 2.00. The SMILES string of the molecule is CCC1CN(CC(C)(C)C(N)c2ccccc2)CCN1C. The van der Waals surface area contributed by atoms with Gasteiger partial charge in [0, 0.05) is 38.3 Å². The van der Waals surface area contributed by atoms with Crippen LogP contribution in [0.25, 0.3) is 0 Å². The van der Waals surface area contributed by atoms with Crippen molar-refractivity contribution in [3.63, 3.8) is 0 Å². The Morgan fingerprint density at radius 3 is 2.52 bits per heavy atom. The number of hydrogen-bond donors (Lipinski definition) is 1. The molecule has 21 heavy (non-hydrogen) atoms. The van der Waals surface area contributed by atoms with Crippen LogP contribution in [-0.4, -0.2) is 49.1 Å². The maximum Gasteiger partial charge on any atom is 0.0359 e. The van der Waals surface area contributed by atoms with Crippen LogP contribution in [0.3, 0.4) is 0 Å². The highest BCUT2D eigenvalue weighted by Gasteiger charge is 2.32. The molecular weight excluding hydrogens is 258 g/mol. The summed E-state index contributed by atoms with van der Waals surface area (Å²) in [6.45, 7) is 11.4. The van der Waals surface area contributed by atoms with Gasteiger partial charge in [0.1, 0.15) is 0 Å². The fourth-order valence-electron chi connectivity index (χ4n) is 3.38. The lowest BCUT2D eigenvalue weighted by atomic mass is 9.80. The van der Waals surface area contributed by atoms with Gasteiger partial charge in [-0.15, -0.1) is 0 Å². The third kappa shape index (κ3) is 4.06. The van der Waals surface area contributed by atoms with Crippen LogP contribution in [0.4, 0.5) is 0 Å². The molecule has 0 saturated carbocycles. The van der Waals surface area contributed by atoms with Gasteiger partial charge in [0.15, 0.2) is 0 Å². The summed E-state index contributed by atoms with van der Waals surface area (Å²) in [6, 6.07) is 11.3. The van der Waals surface area contributed by atoms with Gasteiger partial charge in [0.05, 0.1) is 0 Å². The second-order valence-corrected chi connectivity index (χ2v) is 7.15. The Morgan fingerprint density at radius 1 is 1.24 bits per heavy atom. The zero-order valence-electron chi connectivity index (χ0n) is 14.0. The molecule has 2 atom stereocenters. The van der Waals surface area contributed by atoms with Crippen LogP contribution in [-0.2, 0) is 0 Å². The van der Waals surface area contributed by atoms with Crippen molar-refractivity contribution in [1.29, 1.82) is 0 Å². The van der Waals surface area contributed by atoms with Gasteiger partial charge in [0.2, 0.25) is 0 Å². The van der Waals surface area contributed by atoms with Crippen LogP contribution in [0.5, 0.6) is 0 Å². The van der Waals surface area contributed by atoms with E-state index in [1.165, 1.54) is 12.0 Å². The second kappa shape index (κ2) is 6.91. The molecule has 1 saturated heterocycles. The average Bonchev–Trinajstić information content (AvgIpc) is 2.49. The predicted octanol–water partition coefficient (Wildman–Crippen LogP) is 2.74. The van der Waals surface area contributed by atoms with E-state index in [9.17, 15) is 0 Å². The molecule has 0 spiro atoms. The molecule has 1 fully saturated rings. The molecule has 1 heterocycles. The first-order chi connectivity index (χ1) is 9.94. The minimum atomic E-state index is 0.0789. The van der Waals surface area contributed by atoms with Crippen molar-refractivity contribution in [3.8, 4) is 0 Å². The molecule has 1 aliphatic rings. The monoisotopic (exact) mass is 289 g/mol. The molecule has 2 rings (SSSR count). The number of nitrogens with two attached hydrogens (primary N) is 1. The van der Waals surface area contributed by atoms with Crippen LogP contribution < -0.4 is 5.73 Å². The Hall–Kier alpha value is -0.900. The summed E-state index contributed by atoms with van der Waals surface area (Å²) >= 11 is 0. The first-order valence-corrected chi connectivity index (χ1v) is 8.17. The lowest BCUT2D eigenvalue weighted by molar-refractivity contribution is 0.0584. The number of benzene rings is 1. The first-order valence-electron chi connectivity index (χ1n) is 8.17. The predicted molar refractivity (Wildman–Crippen MR) is 90.3 cm³/mol. The van der Waals surface area contributed by atoms with Crippen LogP contribution in [0.1, 0.15) is 38.8 Å². The molecule has 2 unspecified atom stereocenters. The highest BCUT2D eigenvalue weighted by molar-refractivity contribution is 5.20. The maximum atomic E-state index is 6.55. The van der Waals surface area contributed by atoms with E-state index in [1.807, 2.05) is 0 Å². The molecule has 0 bridgehead atoms. The largest absolute Gasteiger partial charge is 0.323 e. The highest BCUT2D eigenvalue weighted by Crippen LogP contribution is 2.32. The molecule has 1 aromatic carbocycles. The second-order valence-electron chi connectivity index (χ2n) is 7.15. The number of nitrogens with zero attached hydrogens (tertiary/aromatic N) is 2. The van der Waals surface area contributed by atoms with Crippen LogP contribution >= 0.6 is 0 Å². The maximum absolute atomic E-state index is 6.55. The zero-order valence-corrected chi connectivity index (χ0v) is 14.0. The topological polar surface area (TPSA) is 32.5 Å². The molecule has 0 radical (unpaired) electrons. The molecule has 0 aromatic heterocycles. The van der Waals surface area contributed by atoms with Crippen LogP contribution in [0.15, 0.2) is 30.3 Å². The number of likely N-dealkylation sites (N-methyl/N-ethyl adjacent to an activating group) is 1. The lowest BCUT2D eigenvalue weighted by Gasteiger charge is -2.43. The van der Waals surface area contributed by atoms with E-state index in [4.69, 9.17) is 5.73 Å². The molecule has 3 heteroatoms. The van der Waals surface area contributed by atoms with Gasteiger partial charge >= 0.3 is 0 Å². The zero-order chi connectivity index (χ0) is 15.5. The Labute approximate surface area is 130 Å². The first kappa shape index (κ1) is 16.5. The summed E-state index contributed by atoms with van der Waals surface area (Å²) in [4.78, 5) is 5.08. The Morgan fingerprint density at radius 2 is 1.90 bits per heavy atom. The van der Waals surface area contributed by atoms with Gasteiger partial charge in [-0.25, -0.2) is 0 Å². The van der Waals surface area contributed by atoms with E-state index in [0.29, 0.717) is 6.04 Å². The molecule has 0 amide bonds. The van der Waals surface area contributed by atoms with Gasteiger partial charge in [-0.1, -0.05) is 51.1 Å². The molecular formula is C18H31N3. The van der Waals surface area contributed by atoms with E-state index in [1.54, 1.807) is 0 Å². The van der Waals surface area contributed by atoms with Crippen LogP contribution in [0.2, 0.25) is 0 Å². The molecule has 2 N–H and O–H groups in total. The summed E-state index contributed by atoms with van der Waals surface area (Å²) in [7, 11) is 2.24. The fourth-order valence-corrected chi connectivity index (χ4v) is 3.38. The summed E-state index contributed by atoms with van der Waals surface area (Å²) in [5.41, 5.74) is 7.87. The van der Waals surface area contributed by atoms with Gasteiger partial charge in [-0.05, 0) is 24.4 Å². The third-order valence-corrected chi connectivity index (χ3v) is 4.96. The van der Waals surface area contributed by atoms with E-state index in [2.05, 4.69) is 68.0 Å². The normalized spacial score (nSPS) is 23.2. The summed E-state index contributed by atoms with van der Waals surface area (Å²) in [6.07, 6.45) is 1.22. The quantitative estimate of drug-likeness (QED) is 0.904. The van der Waals surface area contributed by atoms with Crippen molar-refractivity contribution in [2.24, 2.45) is 11.1 Å². The Bertz CT molecular complexity index is 429. The van der Waals surface area contributed by atoms with Crippen LogP contribution in [0, 0.1) is 5.41 Å². The molecule has 1 aliphatic heterocycles. The van der Waals surface area contributed by atoms with Gasteiger partial charge < -0.3 is 10.6 Å². The van der Waals surface area contributed by atoms with Crippen molar-refractivity contribution in [1.82, 2.24) is 9.80 Å². The van der Waals surface area contributed by atoms with Crippen molar-refractivity contribution in [2.75, 3.05) is 33.2 Å². The summed E-state index contributed by atoms with van der Waals surface area (Å²) in [5.74, 6) is 0. The smallest absolute Gasteiger partial charge is 0.0359 e. The van der Waals surface area contributed by atoms with Gasteiger partial charge in [-0.3, -0.25) is 4.90 Å². The number of hydrogen-bond acceptors (Lipinski definition) is 3. The molecule has 0 aliphatic carbocycles. The van der Waals surface area contributed by atoms with Crippen molar-refractivity contribution >= 4 is 0 Å². The number of rotatable bonds is 5. The standard InChI is InChI=1S/C18H31N3/c1-5-16-13-21(12-11-20(16)4)14-18(2,3)17(19)15-9-7-6-8-10-15/h6-10,16-17H,5,11-14,19H2,1-4H3. The lowest BCUT2D eigenvalue weighted by Crippen LogP contribution is -2.54. The van der Waals surface area contributed by atoms with Crippen molar-refractivity contribution < 1.29 is 0 Å². The average molecular weight is 289 g/mol.